The Labute approximate surface area is 283 Å². The lowest BCUT2D eigenvalue weighted by molar-refractivity contribution is 0.0690. The van der Waals surface area contributed by atoms with Crippen molar-refractivity contribution in [3.05, 3.63) is 86.5 Å². The molecule has 0 aliphatic rings. The highest BCUT2D eigenvalue weighted by Gasteiger charge is 2.23. The van der Waals surface area contributed by atoms with E-state index in [4.69, 9.17) is 10.3 Å². The quantitative estimate of drug-likeness (QED) is 0.0347. The smallest absolute Gasteiger partial charge is 0.355 e. The van der Waals surface area contributed by atoms with E-state index in [0.717, 1.165) is 15.8 Å². The monoisotopic (exact) mass is 686 g/mol. The average molecular weight is 687 g/mol. The molecule has 48 heavy (non-hydrogen) atoms. The van der Waals surface area contributed by atoms with Crippen LogP contribution in [0.15, 0.2) is 53.6 Å². The molecule has 13 nitrogen and oxygen atoms in total. The van der Waals surface area contributed by atoms with Crippen molar-refractivity contribution in [3.63, 3.8) is 0 Å². The predicted molar refractivity (Wildman–Crippen MR) is 185 cm³/mol. The highest BCUT2D eigenvalue weighted by Crippen LogP contribution is 2.34. The van der Waals surface area contributed by atoms with E-state index in [2.05, 4.69) is 52.7 Å². The Morgan fingerprint density at radius 2 is 2.02 bits per heavy atom. The predicted octanol–water partition coefficient (Wildman–Crippen LogP) is 6.85. The standard InChI is InChI=1S/C32H31FN10O3S2/c1-20-18-27(40-41-29(20)39-31-37-23-9-3-4-10-25(23)47-31)43(16-7-15-36-42-34)32-38-28(30(44)45)26(48-32)11-6-17-46-24-13-12-21(19-22(24)33)8-5-14-35-2/h3-4,9-10,12-13,18-19,35H,6-7,11,14-17H2,1-2H3,(H,44,45)(H,37,39,41). The number of benzene rings is 2. The van der Waals surface area contributed by atoms with Crippen LogP contribution < -0.4 is 20.3 Å². The first-order chi connectivity index (χ1) is 23.4. The molecule has 0 radical (unpaired) electrons. The number of thiazole rings is 2. The highest BCUT2D eigenvalue weighted by molar-refractivity contribution is 7.22. The number of aryl methyl sites for hydroxylation is 2. The van der Waals surface area contributed by atoms with Gasteiger partial charge in [-0.15, -0.1) is 21.5 Å². The van der Waals surface area contributed by atoms with Crippen molar-refractivity contribution in [2.45, 2.75) is 26.2 Å². The number of hydrogen-bond donors (Lipinski definition) is 3. The molecule has 5 aromatic rings. The van der Waals surface area contributed by atoms with Crippen LogP contribution in [0.1, 0.15) is 39.3 Å². The summed E-state index contributed by atoms with van der Waals surface area (Å²) in [5.41, 5.74) is 10.9. The number of nitrogens with zero attached hydrogens (tertiary/aromatic N) is 8. The molecule has 0 unspecified atom stereocenters. The van der Waals surface area contributed by atoms with Crippen LogP contribution in [0.4, 0.5) is 26.3 Å². The maximum absolute atomic E-state index is 14.5. The first-order valence-corrected chi connectivity index (χ1v) is 16.5. The van der Waals surface area contributed by atoms with Crippen LogP contribution in [-0.4, -0.2) is 64.5 Å². The number of carboxylic acid groups (broad SMARTS) is 1. The van der Waals surface area contributed by atoms with E-state index < -0.39 is 11.8 Å². The maximum atomic E-state index is 14.5. The Hall–Kier alpha value is -5.33. The molecule has 246 valence electrons. The molecule has 3 heterocycles. The Balaban J connectivity index is 1.30. The molecular formula is C32H31FN10O3S2. The molecule has 0 bridgehead atoms. The minimum absolute atomic E-state index is 0.0791. The van der Waals surface area contributed by atoms with Gasteiger partial charge in [-0.1, -0.05) is 40.4 Å². The SMILES string of the molecule is CNCC#Cc1ccc(OCCCc2sc(N(CCCN=[N+]=[N-])c3cc(C)c(Nc4nc5ccccc5s4)nn3)nc2C(=O)O)c(F)c1. The molecule has 0 aliphatic heterocycles. The average Bonchev–Trinajstić information content (AvgIpc) is 3.69. The van der Waals surface area contributed by atoms with Crippen molar-refractivity contribution in [2.75, 3.05) is 43.5 Å². The molecule has 5 rings (SSSR count). The Kier molecular flexibility index (Phi) is 11.7. The van der Waals surface area contributed by atoms with Gasteiger partial charge in [0.25, 0.3) is 0 Å². The summed E-state index contributed by atoms with van der Waals surface area (Å²) in [6, 6.07) is 14.2. The van der Waals surface area contributed by atoms with Crippen molar-refractivity contribution < 1.29 is 19.0 Å². The summed E-state index contributed by atoms with van der Waals surface area (Å²) >= 11 is 2.72. The number of aromatic nitrogens is 4. The van der Waals surface area contributed by atoms with Gasteiger partial charge in [0.05, 0.1) is 23.4 Å². The van der Waals surface area contributed by atoms with Crippen LogP contribution in [0.5, 0.6) is 5.75 Å². The highest BCUT2D eigenvalue weighted by atomic mass is 32.1. The van der Waals surface area contributed by atoms with Gasteiger partial charge < -0.3 is 25.4 Å². The van der Waals surface area contributed by atoms with E-state index >= 15 is 0 Å². The van der Waals surface area contributed by atoms with Crippen LogP contribution in [0, 0.1) is 24.6 Å². The first kappa shape index (κ1) is 34.0. The van der Waals surface area contributed by atoms with Crippen molar-refractivity contribution in [1.82, 2.24) is 25.5 Å². The van der Waals surface area contributed by atoms with Gasteiger partial charge in [0.15, 0.2) is 39.2 Å². The molecule has 3 aromatic heterocycles. The number of fused-ring (bicyclic) bond motifs is 1. The minimum Gasteiger partial charge on any atom is -0.491 e. The van der Waals surface area contributed by atoms with Gasteiger partial charge in [0.2, 0.25) is 0 Å². The second-order valence-corrected chi connectivity index (χ2v) is 12.4. The number of anilines is 4. The van der Waals surface area contributed by atoms with Gasteiger partial charge >= 0.3 is 5.97 Å². The van der Waals surface area contributed by atoms with E-state index in [9.17, 15) is 14.3 Å². The molecule has 0 saturated carbocycles. The van der Waals surface area contributed by atoms with Crippen molar-refractivity contribution in [2.24, 2.45) is 5.11 Å². The summed E-state index contributed by atoms with van der Waals surface area (Å²) in [4.78, 5) is 26.4. The topological polar surface area (TPSA) is 174 Å². The molecule has 3 N–H and O–H groups in total. The second kappa shape index (κ2) is 16.5. The number of rotatable bonds is 15. The Morgan fingerprint density at radius 3 is 2.77 bits per heavy atom. The number of hydrogen-bond acceptors (Lipinski definition) is 12. The van der Waals surface area contributed by atoms with Gasteiger partial charge in [0.1, 0.15) is 0 Å². The third-order valence-corrected chi connectivity index (χ3v) is 8.92. The summed E-state index contributed by atoms with van der Waals surface area (Å²) in [6.45, 7) is 3.13. The largest absolute Gasteiger partial charge is 0.491 e. The first-order valence-electron chi connectivity index (χ1n) is 14.9. The fourth-order valence-corrected chi connectivity index (χ4v) is 6.54. The lowest BCUT2D eigenvalue weighted by Crippen LogP contribution is -2.21. The Bertz CT molecular complexity index is 1980. The summed E-state index contributed by atoms with van der Waals surface area (Å²) in [7, 11) is 1.78. The fraction of sp³-hybridized carbons (Fsp3) is 0.281. The van der Waals surface area contributed by atoms with Crippen LogP contribution in [0.25, 0.3) is 20.7 Å². The van der Waals surface area contributed by atoms with E-state index in [-0.39, 0.29) is 24.6 Å². The number of carboxylic acids is 1. The van der Waals surface area contributed by atoms with Crippen LogP contribution >= 0.6 is 22.7 Å². The second-order valence-electron chi connectivity index (χ2n) is 10.3. The number of carbonyl (C=O) groups is 1. The summed E-state index contributed by atoms with van der Waals surface area (Å²) in [6.07, 6.45) is 1.23. The molecule has 16 heteroatoms. The number of ether oxygens (including phenoxy) is 1. The van der Waals surface area contributed by atoms with Gasteiger partial charge in [-0.05, 0) is 80.7 Å². The van der Waals surface area contributed by atoms with Gasteiger partial charge in [-0.2, -0.15) is 0 Å². The van der Waals surface area contributed by atoms with Gasteiger partial charge in [-0.3, -0.25) is 0 Å². The molecule has 0 amide bonds. The molecular weight excluding hydrogens is 656 g/mol. The lowest BCUT2D eigenvalue weighted by atomic mass is 10.2. The number of azide groups is 1. The summed E-state index contributed by atoms with van der Waals surface area (Å²) in [5, 5.41) is 29.7. The lowest BCUT2D eigenvalue weighted by Gasteiger charge is -2.21. The number of nitrogens with one attached hydrogen (secondary N) is 2. The van der Waals surface area contributed by atoms with Crippen LogP contribution in [0.2, 0.25) is 0 Å². The molecule has 0 spiro atoms. The summed E-state index contributed by atoms with van der Waals surface area (Å²) in [5.74, 6) is 5.15. The van der Waals surface area contributed by atoms with Crippen molar-refractivity contribution in [1.29, 1.82) is 0 Å². The van der Waals surface area contributed by atoms with E-state index in [1.807, 2.05) is 37.3 Å². The number of aromatic carboxylic acids is 1. The zero-order chi connectivity index (χ0) is 33.9. The van der Waals surface area contributed by atoms with Gasteiger partial charge in [-0.25, -0.2) is 19.2 Å². The van der Waals surface area contributed by atoms with Crippen LogP contribution in [-0.2, 0) is 6.42 Å². The number of halogens is 1. The Morgan fingerprint density at radius 1 is 1.17 bits per heavy atom. The molecule has 0 fully saturated rings. The van der Waals surface area contributed by atoms with Crippen LogP contribution in [0.3, 0.4) is 0 Å². The zero-order valence-corrected chi connectivity index (χ0v) is 27.7. The summed E-state index contributed by atoms with van der Waals surface area (Å²) < 4.78 is 21.2. The number of para-hydroxylation sites is 1. The zero-order valence-electron chi connectivity index (χ0n) is 26.1. The maximum Gasteiger partial charge on any atom is 0.355 e. The van der Waals surface area contributed by atoms with Crippen molar-refractivity contribution in [3.8, 4) is 17.6 Å². The fourth-order valence-electron chi connectivity index (χ4n) is 4.54. The van der Waals surface area contributed by atoms with E-state index in [0.29, 0.717) is 64.7 Å². The van der Waals surface area contributed by atoms with E-state index in [1.54, 1.807) is 18.0 Å². The minimum atomic E-state index is -1.17. The van der Waals surface area contributed by atoms with Gasteiger partial charge in [0, 0.05) is 28.4 Å². The van der Waals surface area contributed by atoms with Crippen molar-refractivity contribution >= 4 is 60.8 Å². The third-order valence-electron chi connectivity index (χ3n) is 6.83. The normalized spacial score (nSPS) is 10.6. The third kappa shape index (κ3) is 8.72. The molecule has 0 atom stereocenters. The molecule has 0 aliphatic carbocycles. The molecule has 2 aromatic carbocycles. The van der Waals surface area contributed by atoms with E-state index in [1.165, 1.54) is 34.8 Å². The molecule has 0 saturated heterocycles.